The second-order valence-electron chi connectivity index (χ2n) is 18.2. The van der Waals surface area contributed by atoms with Crippen LogP contribution in [0.4, 0.5) is 5.13 Å². The lowest BCUT2D eigenvalue weighted by atomic mass is 9.77. The van der Waals surface area contributed by atoms with Crippen LogP contribution in [0.1, 0.15) is 77.7 Å². The van der Waals surface area contributed by atoms with Crippen LogP contribution in [0.15, 0.2) is 120 Å². The third kappa shape index (κ3) is 9.68. The van der Waals surface area contributed by atoms with Crippen LogP contribution in [0.5, 0.6) is 11.5 Å². The minimum atomic E-state index is -1.78. The van der Waals surface area contributed by atoms with Gasteiger partial charge in [-0.05, 0) is 63.4 Å². The molecule has 72 heavy (non-hydrogen) atoms. The smallest absolute Gasteiger partial charge is 0.354 e. The maximum atomic E-state index is 14.5. The summed E-state index contributed by atoms with van der Waals surface area (Å²) in [6.07, 6.45) is 0. The van der Waals surface area contributed by atoms with Gasteiger partial charge in [0.15, 0.2) is 28.0 Å². The Morgan fingerprint density at radius 1 is 0.833 bits per heavy atom. The number of carbonyl (C=O) groups is 7. The number of rotatable bonds is 16. The van der Waals surface area contributed by atoms with Crippen LogP contribution in [0, 0.1) is 0 Å². The summed E-state index contributed by atoms with van der Waals surface area (Å²) < 4.78 is 5.50. The molecule has 1 aromatic heterocycles. The second kappa shape index (κ2) is 19.6. The lowest BCUT2D eigenvalue weighted by molar-refractivity contribution is -0.179. The van der Waals surface area contributed by atoms with E-state index in [0.717, 1.165) is 50.1 Å². The molecule has 1 unspecified atom stereocenters. The third-order valence-electron chi connectivity index (χ3n) is 11.7. The highest BCUT2D eigenvalue weighted by atomic mass is 35.5. The third-order valence-corrected chi connectivity index (χ3v) is 12.9. The summed E-state index contributed by atoms with van der Waals surface area (Å²) in [4.78, 5) is 105. The fourth-order valence-corrected chi connectivity index (χ4v) is 9.40. The van der Waals surface area contributed by atoms with Gasteiger partial charge in [0.25, 0.3) is 29.5 Å². The van der Waals surface area contributed by atoms with Gasteiger partial charge in [0, 0.05) is 19.6 Å². The van der Waals surface area contributed by atoms with Gasteiger partial charge in [0.2, 0.25) is 5.60 Å². The van der Waals surface area contributed by atoms with Gasteiger partial charge in [-0.1, -0.05) is 119 Å². The largest absolute Gasteiger partial charge is 0.504 e. The lowest BCUT2D eigenvalue weighted by Crippen LogP contribution is -2.46. The molecule has 0 spiro atoms. The summed E-state index contributed by atoms with van der Waals surface area (Å²) in [5.41, 5.74) is -3.35. The number of oxime groups is 1. The average molecular weight is 1020 g/mol. The summed E-state index contributed by atoms with van der Waals surface area (Å²) in [5, 5.41) is 45.0. The molecule has 1 saturated heterocycles. The van der Waals surface area contributed by atoms with Crippen LogP contribution in [0.2, 0.25) is 4.34 Å². The molecule has 20 nitrogen and oxygen atoms in total. The lowest BCUT2D eigenvalue weighted by Gasteiger charge is -2.36. The first-order valence-corrected chi connectivity index (χ1v) is 23.5. The van der Waals surface area contributed by atoms with Crippen molar-refractivity contribution < 1.29 is 58.5 Å². The van der Waals surface area contributed by atoms with Crippen LogP contribution in [-0.4, -0.2) is 126 Å². The first kappa shape index (κ1) is 50.3. The number of hydrogen-bond acceptors (Lipinski definition) is 16. The van der Waals surface area contributed by atoms with Crippen molar-refractivity contribution in [3.8, 4) is 11.5 Å². The number of carboxylic acids is 1. The Labute approximate surface area is 420 Å². The van der Waals surface area contributed by atoms with E-state index < -0.39 is 93.7 Å². The van der Waals surface area contributed by atoms with E-state index in [9.17, 15) is 48.9 Å². The Hall–Kier alpha value is -8.14. The number of thiazole rings is 1. The number of carboxylic acid groups (broad SMARTS) is 1. The summed E-state index contributed by atoms with van der Waals surface area (Å²) in [6.45, 7) is 6.34. The topological polar surface area (TPSA) is 270 Å². The Balaban J connectivity index is 1.06. The second-order valence-corrected chi connectivity index (χ2v) is 19.8. The number of esters is 1. The number of ether oxygens (including phenoxy) is 1. The van der Waals surface area contributed by atoms with Gasteiger partial charge in [0.1, 0.15) is 27.2 Å². The molecule has 372 valence electrons. The van der Waals surface area contributed by atoms with E-state index in [0.29, 0.717) is 0 Å². The van der Waals surface area contributed by atoms with Crippen molar-refractivity contribution in [1.29, 1.82) is 0 Å². The van der Waals surface area contributed by atoms with Gasteiger partial charge in [-0.2, -0.15) is 0 Å². The highest BCUT2D eigenvalue weighted by molar-refractivity contribution is 7.20. The molecule has 0 radical (unpaired) electrons. The van der Waals surface area contributed by atoms with Crippen molar-refractivity contribution >= 4 is 75.3 Å². The molecule has 1 fully saturated rings. The van der Waals surface area contributed by atoms with Crippen molar-refractivity contribution in [2.45, 2.75) is 57.4 Å². The number of imide groups is 1. The number of nitrogens with one attached hydrogen (secondary N) is 3. The Kier molecular flexibility index (Phi) is 13.7. The predicted octanol–water partition coefficient (Wildman–Crippen LogP) is 4.76. The summed E-state index contributed by atoms with van der Waals surface area (Å²) in [7, 11) is 0. The summed E-state index contributed by atoms with van der Waals surface area (Å²) in [6, 6.07) is 29.3. The SMILES string of the molecule is CC(C)(C)OC(=O)C(C)(C)ON=C(C(=O)NC1CN2CC(C(=O)NCCN3C(=O)c4cc(O)c(O)cc4C3=O)=C(C(=O)O)N2C1=O)c1nc(NC(c2ccccc2)(c2ccccc2)c2ccccc2)sc1Cl. The number of phenolic OH excluding ortho intramolecular Hbond substituents is 2. The molecule has 8 rings (SSSR count). The number of amides is 5. The molecule has 6 N–H and O–H groups in total. The number of halogens is 1. The van der Waals surface area contributed by atoms with Gasteiger partial charge in [0.05, 0.1) is 23.2 Å². The maximum absolute atomic E-state index is 14.5. The summed E-state index contributed by atoms with van der Waals surface area (Å²) >= 11 is 7.94. The van der Waals surface area contributed by atoms with E-state index in [4.69, 9.17) is 26.2 Å². The van der Waals surface area contributed by atoms with Gasteiger partial charge in [-0.15, -0.1) is 0 Å². The molecule has 1 atom stereocenters. The number of nitrogens with zero attached hydrogens (tertiary/aromatic N) is 5. The van der Waals surface area contributed by atoms with Crippen molar-refractivity contribution in [1.82, 2.24) is 30.5 Å². The highest BCUT2D eigenvalue weighted by Crippen LogP contribution is 2.42. The number of phenols is 2. The predicted molar refractivity (Wildman–Crippen MR) is 261 cm³/mol. The minimum absolute atomic E-state index is 0.0383. The molecule has 0 aliphatic carbocycles. The Bertz CT molecular complexity index is 2950. The van der Waals surface area contributed by atoms with Gasteiger partial charge in [-0.25, -0.2) is 24.6 Å². The molecule has 0 saturated carbocycles. The molecule has 4 aromatic carbocycles. The van der Waals surface area contributed by atoms with Crippen molar-refractivity contribution in [2.75, 3.05) is 31.5 Å². The molecule has 4 heterocycles. The van der Waals surface area contributed by atoms with Crippen LogP contribution in [-0.2, 0) is 39.1 Å². The fraction of sp³-hybridized carbons (Fsp3) is 0.260. The first-order chi connectivity index (χ1) is 34.1. The number of carbonyl (C=O) groups excluding carboxylic acids is 6. The molecule has 3 aliphatic rings. The first-order valence-electron chi connectivity index (χ1n) is 22.3. The van der Waals surface area contributed by atoms with Crippen LogP contribution >= 0.6 is 22.9 Å². The van der Waals surface area contributed by atoms with Crippen molar-refractivity contribution in [2.24, 2.45) is 5.16 Å². The maximum Gasteiger partial charge on any atom is 0.354 e. The average Bonchev–Trinajstić information content (AvgIpc) is 4.05. The highest BCUT2D eigenvalue weighted by Gasteiger charge is 2.50. The zero-order valence-corrected chi connectivity index (χ0v) is 40.8. The van der Waals surface area contributed by atoms with Crippen molar-refractivity contribution in [3.63, 3.8) is 0 Å². The molecule has 5 amide bonds. The molecule has 0 bridgehead atoms. The normalized spacial score (nSPS) is 16.2. The quantitative estimate of drug-likeness (QED) is 0.0194. The summed E-state index contributed by atoms with van der Waals surface area (Å²) in [5.74, 6) is -8.13. The monoisotopic (exact) mass is 1020 g/mol. The number of anilines is 1. The molecule has 3 aliphatic heterocycles. The number of fused-ring (bicyclic) bond motifs is 2. The van der Waals surface area contributed by atoms with E-state index in [2.05, 4.69) is 21.1 Å². The Morgan fingerprint density at radius 2 is 1.36 bits per heavy atom. The Morgan fingerprint density at radius 3 is 1.86 bits per heavy atom. The van der Waals surface area contributed by atoms with E-state index in [1.54, 1.807) is 20.8 Å². The van der Waals surface area contributed by atoms with Gasteiger partial charge >= 0.3 is 11.9 Å². The van der Waals surface area contributed by atoms with E-state index in [1.807, 2.05) is 91.0 Å². The van der Waals surface area contributed by atoms with Crippen LogP contribution < -0.4 is 16.0 Å². The van der Waals surface area contributed by atoms with Gasteiger partial charge in [-0.3, -0.25) is 28.9 Å². The number of aromatic nitrogens is 1. The van der Waals surface area contributed by atoms with E-state index in [1.165, 1.54) is 18.9 Å². The van der Waals surface area contributed by atoms with E-state index in [-0.39, 0.29) is 51.5 Å². The standard InChI is InChI=1S/C50H47ClN8O12S/c1-48(2,3)70-46(69)49(4,5)71-56-37(36-39(51)72-47(54-36)55-50(27-15-9-6-10-16-27,28-17-11-7-12-18-28)29-19-13-8-14-20-29)41(63)53-33-26-57-25-32(38(45(67)68)59(57)44(33)66)40(62)52-21-22-58-42(64)30-23-34(60)35(61)24-31(30)43(58)65/h6-20,23-24,33,60-61H,21-22,25-26H2,1-5H3,(H,52,62)(H,53,63)(H,54,55)(H,67,68). The number of hydrazine groups is 1. The zero-order valence-electron chi connectivity index (χ0n) is 39.3. The fourth-order valence-electron chi connectivity index (χ4n) is 8.30. The van der Waals surface area contributed by atoms with Crippen LogP contribution in [0.3, 0.4) is 0 Å². The number of hydrogen-bond donors (Lipinski definition) is 6. The number of aromatic hydroxyl groups is 2. The van der Waals surface area contributed by atoms with E-state index >= 15 is 0 Å². The zero-order chi connectivity index (χ0) is 51.9. The number of benzene rings is 4. The molecular weight excluding hydrogens is 972 g/mol. The van der Waals surface area contributed by atoms with Crippen LogP contribution in [0.25, 0.3) is 0 Å². The molecule has 22 heteroatoms. The molecule has 5 aromatic rings. The molecular formula is C50H47ClN8O12S. The number of aliphatic carboxylic acids is 1. The van der Waals surface area contributed by atoms with Crippen molar-refractivity contribution in [3.05, 3.63) is 152 Å². The van der Waals surface area contributed by atoms with Gasteiger partial charge < -0.3 is 40.8 Å². The minimum Gasteiger partial charge on any atom is -0.504 e.